The number of ether oxygens (including phenoxy) is 2. The van der Waals surface area contributed by atoms with E-state index in [0.717, 1.165) is 55.3 Å². The number of amides is 1. The van der Waals surface area contributed by atoms with Crippen LogP contribution in [0, 0.1) is 5.92 Å². The summed E-state index contributed by atoms with van der Waals surface area (Å²) in [5.74, 6) is 0.969. The Morgan fingerprint density at radius 3 is 2.79 bits per heavy atom. The fraction of sp³-hybridized carbons (Fsp3) is 0.545. The van der Waals surface area contributed by atoms with Gasteiger partial charge in [-0.1, -0.05) is 0 Å². The van der Waals surface area contributed by atoms with Gasteiger partial charge in [0.25, 0.3) is 0 Å². The van der Waals surface area contributed by atoms with Crippen molar-refractivity contribution in [1.82, 2.24) is 9.88 Å². The quantitative estimate of drug-likeness (QED) is 0.836. The zero-order valence-corrected chi connectivity index (χ0v) is 17.4. The van der Waals surface area contributed by atoms with Crippen LogP contribution >= 0.6 is 11.3 Å². The van der Waals surface area contributed by atoms with Gasteiger partial charge >= 0.3 is 0 Å². The standard InChI is InChI=1S/C22H26N2O4S/c1-27-16-2-3-18(23-13-16)20-12-17-19(29-20)4-9-28-22(17)5-7-24(8-6-22)21(26)14-10-15(25)11-14/h2-3,12-15,25H,4-11H2,1H3. The Labute approximate surface area is 174 Å². The number of nitrogens with zero attached hydrogens (tertiary/aromatic N) is 2. The van der Waals surface area contributed by atoms with Crippen LogP contribution in [0.5, 0.6) is 5.75 Å². The second kappa shape index (κ2) is 7.38. The molecule has 29 heavy (non-hydrogen) atoms. The SMILES string of the molecule is COc1ccc(-c2cc3c(s2)CCOC32CCN(C(=O)C3CC(O)C3)CC2)nc1. The summed E-state index contributed by atoms with van der Waals surface area (Å²) < 4.78 is 11.6. The zero-order chi connectivity index (χ0) is 20.0. The highest BCUT2D eigenvalue weighted by molar-refractivity contribution is 7.15. The second-order valence-electron chi connectivity index (χ2n) is 8.27. The van der Waals surface area contributed by atoms with Gasteiger partial charge in [0.05, 0.1) is 42.2 Å². The van der Waals surface area contributed by atoms with E-state index in [0.29, 0.717) is 12.8 Å². The topological polar surface area (TPSA) is 71.9 Å². The lowest BCUT2D eigenvalue weighted by molar-refractivity contribution is -0.150. The fourth-order valence-corrected chi connectivity index (χ4v) is 5.95. The zero-order valence-electron chi connectivity index (χ0n) is 16.6. The monoisotopic (exact) mass is 414 g/mol. The highest BCUT2D eigenvalue weighted by atomic mass is 32.1. The third-order valence-electron chi connectivity index (χ3n) is 6.58. The highest BCUT2D eigenvalue weighted by Crippen LogP contribution is 2.47. The summed E-state index contributed by atoms with van der Waals surface area (Å²) in [7, 11) is 1.64. The molecule has 1 N–H and O–H groups in total. The summed E-state index contributed by atoms with van der Waals surface area (Å²) in [4.78, 5) is 21.7. The molecule has 0 radical (unpaired) electrons. The lowest BCUT2D eigenvalue weighted by Gasteiger charge is -2.45. The van der Waals surface area contributed by atoms with Crippen LogP contribution in [0.1, 0.15) is 36.1 Å². The summed E-state index contributed by atoms with van der Waals surface area (Å²) in [5, 5.41) is 9.50. The van der Waals surface area contributed by atoms with Gasteiger partial charge in [0.15, 0.2) is 0 Å². The van der Waals surface area contributed by atoms with E-state index in [9.17, 15) is 9.90 Å². The fourth-order valence-electron chi connectivity index (χ4n) is 4.74. The van der Waals surface area contributed by atoms with Crippen molar-refractivity contribution >= 4 is 17.2 Å². The molecule has 0 unspecified atom stereocenters. The number of piperidine rings is 1. The van der Waals surface area contributed by atoms with Crippen molar-refractivity contribution in [3.63, 3.8) is 0 Å². The van der Waals surface area contributed by atoms with Crippen LogP contribution in [0.4, 0.5) is 0 Å². The molecule has 2 aromatic heterocycles. The van der Waals surface area contributed by atoms with Gasteiger partial charge in [-0.15, -0.1) is 11.3 Å². The van der Waals surface area contributed by atoms with Crippen LogP contribution in [-0.4, -0.2) is 53.8 Å². The lowest BCUT2D eigenvalue weighted by Crippen LogP contribution is -2.51. The smallest absolute Gasteiger partial charge is 0.225 e. The van der Waals surface area contributed by atoms with Gasteiger partial charge in [0.1, 0.15) is 5.75 Å². The van der Waals surface area contributed by atoms with Crippen molar-refractivity contribution in [2.24, 2.45) is 5.92 Å². The summed E-state index contributed by atoms with van der Waals surface area (Å²) >= 11 is 1.80. The molecular weight excluding hydrogens is 388 g/mol. The number of likely N-dealkylation sites (tertiary alicyclic amines) is 1. The third kappa shape index (κ3) is 3.35. The minimum Gasteiger partial charge on any atom is -0.495 e. The Balaban J connectivity index is 1.34. The van der Waals surface area contributed by atoms with Crippen molar-refractivity contribution in [1.29, 1.82) is 0 Å². The van der Waals surface area contributed by atoms with Crippen molar-refractivity contribution in [3.8, 4) is 16.3 Å². The van der Waals surface area contributed by atoms with E-state index in [1.807, 2.05) is 17.0 Å². The Bertz CT molecular complexity index is 896. The number of aliphatic hydroxyl groups excluding tert-OH is 1. The van der Waals surface area contributed by atoms with Crippen LogP contribution in [0.25, 0.3) is 10.6 Å². The van der Waals surface area contributed by atoms with Crippen molar-refractivity contribution in [2.45, 2.75) is 43.8 Å². The molecule has 0 atom stereocenters. The average molecular weight is 415 g/mol. The largest absolute Gasteiger partial charge is 0.495 e. The van der Waals surface area contributed by atoms with Crippen LogP contribution < -0.4 is 4.74 Å². The number of methoxy groups -OCH3 is 1. The Morgan fingerprint density at radius 2 is 2.14 bits per heavy atom. The van der Waals surface area contributed by atoms with E-state index in [4.69, 9.17) is 9.47 Å². The van der Waals surface area contributed by atoms with Crippen LogP contribution in [-0.2, 0) is 21.6 Å². The van der Waals surface area contributed by atoms with Crippen LogP contribution in [0.2, 0.25) is 0 Å². The van der Waals surface area contributed by atoms with E-state index in [1.165, 1.54) is 10.4 Å². The van der Waals surface area contributed by atoms with E-state index in [1.54, 1.807) is 24.6 Å². The number of pyridine rings is 1. The minimum atomic E-state index is -0.292. The molecule has 4 heterocycles. The van der Waals surface area contributed by atoms with Gasteiger partial charge in [-0.25, -0.2) is 0 Å². The maximum atomic E-state index is 12.6. The number of carbonyl (C=O) groups is 1. The maximum absolute atomic E-state index is 12.6. The summed E-state index contributed by atoms with van der Waals surface area (Å²) in [6.45, 7) is 2.17. The molecule has 1 amide bonds. The minimum absolute atomic E-state index is 0.00998. The first-order valence-corrected chi connectivity index (χ1v) is 11.1. The molecule has 2 fully saturated rings. The maximum Gasteiger partial charge on any atom is 0.225 e. The van der Waals surface area contributed by atoms with E-state index in [-0.39, 0.29) is 23.5 Å². The molecule has 3 aliphatic rings. The summed E-state index contributed by atoms with van der Waals surface area (Å²) in [5.41, 5.74) is 1.95. The van der Waals surface area contributed by atoms with Gasteiger partial charge in [0.2, 0.25) is 5.91 Å². The molecule has 5 rings (SSSR count). The number of aliphatic hydroxyl groups is 1. The normalized spacial score (nSPS) is 25.4. The first-order valence-electron chi connectivity index (χ1n) is 10.3. The van der Waals surface area contributed by atoms with Crippen LogP contribution in [0.3, 0.4) is 0 Å². The Kier molecular flexibility index (Phi) is 4.84. The molecule has 154 valence electrons. The van der Waals surface area contributed by atoms with E-state index in [2.05, 4.69) is 11.1 Å². The van der Waals surface area contributed by atoms with Gasteiger partial charge < -0.3 is 19.5 Å². The molecule has 6 nitrogen and oxygen atoms in total. The highest BCUT2D eigenvalue weighted by Gasteiger charge is 2.44. The predicted molar refractivity (Wildman–Crippen MR) is 110 cm³/mol. The number of aromatic nitrogens is 1. The number of thiophene rings is 1. The molecule has 2 aliphatic heterocycles. The molecule has 0 aromatic carbocycles. The molecular formula is C22H26N2O4S. The number of hydrogen-bond donors (Lipinski definition) is 1. The molecule has 0 bridgehead atoms. The second-order valence-corrected chi connectivity index (χ2v) is 9.41. The Morgan fingerprint density at radius 1 is 1.34 bits per heavy atom. The van der Waals surface area contributed by atoms with Crippen molar-refractivity contribution in [2.75, 3.05) is 26.8 Å². The average Bonchev–Trinajstić information content (AvgIpc) is 3.18. The van der Waals surface area contributed by atoms with E-state index < -0.39 is 0 Å². The molecule has 1 saturated heterocycles. The predicted octanol–water partition coefficient (Wildman–Crippen LogP) is 2.98. The lowest BCUT2D eigenvalue weighted by atomic mass is 9.79. The van der Waals surface area contributed by atoms with Gasteiger partial charge in [0, 0.05) is 30.3 Å². The van der Waals surface area contributed by atoms with Crippen molar-refractivity contribution < 1.29 is 19.4 Å². The number of carbonyl (C=O) groups excluding carboxylic acids is 1. The first-order chi connectivity index (χ1) is 14.1. The third-order valence-corrected chi connectivity index (χ3v) is 7.79. The molecule has 1 saturated carbocycles. The summed E-state index contributed by atoms with van der Waals surface area (Å²) in [6.07, 6.45) is 5.27. The summed E-state index contributed by atoms with van der Waals surface area (Å²) in [6, 6.07) is 6.18. The number of fused-ring (bicyclic) bond motifs is 2. The van der Waals surface area contributed by atoms with E-state index >= 15 is 0 Å². The first kappa shape index (κ1) is 19.0. The number of rotatable bonds is 3. The molecule has 2 aromatic rings. The number of hydrogen-bond acceptors (Lipinski definition) is 6. The van der Waals surface area contributed by atoms with Crippen molar-refractivity contribution in [3.05, 3.63) is 34.8 Å². The molecule has 7 heteroatoms. The molecule has 1 spiro atoms. The van der Waals surface area contributed by atoms with Crippen LogP contribution in [0.15, 0.2) is 24.4 Å². The Hall–Kier alpha value is -1.96. The van der Waals surface area contributed by atoms with Gasteiger partial charge in [-0.3, -0.25) is 9.78 Å². The van der Waals surface area contributed by atoms with Gasteiger partial charge in [-0.05, 0) is 49.4 Å². The molecule has 1 aliphatic carbocycles. The van der Waals surface area contributed by atoms with Gasteiger partial charge in [-0.2, -0.15) is 0 Å².